The van der Waals surface area contributed by atoms with Gasteiger partial charge in [-0.1, -0.05) is 48.0 Å². The zero-order chi connectivity index (χ0) is 14.5. The third kappa shape index (κ3) is 3.28. The highest BCUT2D eigenvalue weighted by Gasteiger charge is 2.12. The maximum Gasteiger partial charge on any atom is 0.153 e. The summed E-state index contributed by atoms with van der Waals surface area (Å²) < 4.78 is 6.82. The molecule has 0 spiro atoms. The summed E-state index contributed by atoms with van der Waals surface area (Å²) in [5.41, 5.74) is 1.70. The Bertz CT molecular complexity index is 608. The fourth-order valence-electron chi connectivity index (χ4n) is 2.02. The fraction of sp³-hybridized carbons (Fsp3) is 0.235. The highest BCUT2D eigenvalue weighted by atomic mass is 79.9. The molecule has 2 rings (SSSR count). The lowest BCUT2D eigenvalue weighted by molar-refractivity contribution is 0.112. The predicted octanol–water partition coefficient (Wildman–Crippen LogP) is 5.57. The van der Waals surface area contributed by atoms with Gasteiger partial charge in [-0.15, -0.1) is 0 Å². The molecule has 3 heteroatoms. The van der Waals surface area contributed by atoms with Crippen molar-refractivity contribution in [3.63, 3.8) is 0 Å². The monoisotopic (exact) mass is 332 g/mol. The number of halogens is 1. The first-order valence-electron chi connectivity index (χ1n) is 6.67. The van der Waals surface area contributed by atoms with Gasteiger partial charge in [0.25, 0.3) is 0 Å². The minimum Gasteiger partial charge on any atom is -0.456 e. The first-order chi connectivity index (χ1) is 9.65. The lowest BCUT2D eigenvalue weighted by Gasteiger charge is -2.16. The average Bonchev–Trinajstić information content (AvgIpc) is 2.48. The van der Waals surface area contributed by atoms with Gasteiger partial charge in [-0.05, 0) is 42.2 Å². The van der Waals surface area contributed by atoms with Crippen molar-refractivity contribution in [2.24, 2.45) is 0 Å². The SMILES string of the molecule is CCC(C)c1ccccc1Oc1ccc(Br)cc1C=O. The molecule has 104 valence electrons. The summed E-state index contributed by atoms with van der Waals surface area (Å²) in [6, 6.07) is 13.4. The normalized spacial score (nSPS) is 11.9. The first-order valence-corrected chi connectivity index (χ1v) is 7.46. The second-order valence-corrected chi connectivity index (χ2v) is 5.66. The molecule has 0 heterocycles. The van der Waals surface area contributed by atoms with Gasteiger partial charge >= 0.3 is 0 Å². The van der Waals surface area contributed by atoms with Crippen LogP contribution in [0.4, 0.5) is 0 Å². The number of hydrogen-bond donors (Lipinski definition) is 0. The molecule has 2 nitrogen and oxygen atoms in total. The molecule has 1 unspecified atom stereocenters. The lowest BCUT2D eigenvalue weighted by Crippen LogP contribution is -1.97. The minimum atomic E-state index is 0.418. The molecule has 0 bridgehead atoms. The summed E-state index contributed by atoms with van der Waals surface area (Å²) in [6.45, 7) is 4.32. The van der Waals surface area contributed by atoms with Gasteiger partial charge in [0.1, 0.15) is 11.5 Å². The zero-order valence-electron chi connectivity index (χ0n) is 11.6. The van der Waals surface area contributed by atoms with E-state index in [9.17, 15) is 4.79 Å². The molecular formula is C17H17BrO2. The largest absolute Gasteiger partial charge is 0.456 e. The summed E-state index contributed by atoms with van der Waals surface area (Å²) in [5.74, 6) is 1.81. The Hall–Kier alpha value is -1.61. The molecule has 20 heavy (non-hydrogen) atoms. The summed E-state index contributed by atoms with van der Waals surface area (Å²) >= 11 is 3.36. The van der Waals surface area contributed by atoms with Crippen LogP contribution in [-0.2, 0) is 0 Å². The van der Waals surface area contributed by atoms with Crippen molar-refractivity contribution < 1.29 is 9.53 Å². The van der Waals surface area contributed by atoms with Gasteiger partial charge in [-0.2, -0.15) is 0 Å². The van der Waals surface area contributed by atoms with Crippen molar-refractivity contribution in [3.8, 4) is 11.5 Å². The Morgan fingerprint density at radius 2 is 1.95 bits per heavy atom. The zero-order valence-corrected chi connectivity index (χ0v) is 13.2. The minimum absolute atomic E-state index is 0.418. The number of benzene rings is 2. The molecular weight excluding hydrogens is 316 g/mol. The van der Waals surface area contributed by atoms with Crippen LogP contribution in [0.1, 0.15) is 42.1 Å². The maximum absolute atomic E-state index is 11.1. The molecule has 0 aromatic heterocycles. The van der Waals surface area contributed by atoms with Gasteiger partial charge < -0.3 is 4.74 Å². The van der Waals surface area contributed by atoms with Crippen molar-refractivity contribution in [2.75, 3.05) is 0 Å². The Morgan fingerprint density at radius 3 is 2.65 bits per heavy atom. The summed E-state index contributed by atoms with van der Waals surface area (Å²) in [6.07, 6.45) is 1.85. The van der Waals surface area contributed by atoms with Crippen LogP contribution in [0.25, 0.3) is 0 Å². The predicted molar refractivity (Wildman–Crippen MR) is 84.8 cm³/mol. The molecule has 2 aromatic carbocycles. The number of hydrogen-bond acceptors (Lipinski definition) is 2. The molecule has 0 amide bonds. The van der Waals surface area contributed by atoms with E-state index >= 15 is 0 Å². The van der Waals surface area contributed by atoms with E-state index in [-0.39, 0.29) is 0 Å². The van der Waals surface area contributed by atoms with Crippen molar-refractivity contribution in [2.45, 2.75) is 26.2 Å². The molecule has 0 aliphatic heterocycles. The molecule has 0 saturated heterocycles. The molecule has 1 atom stereocenters. The van der Waals surface area contributed by atoms with E-state index in [2.05, 4.69) is 35.8 Å². The van der Waals surface area contributed by atoms with Gasteiger partial charge in [0.2, 0.25) is 0 Å². The van der Waals surface area contributed by atoms with E-state index < -0.39 is 0 Å². The van der Waals surface area contributed by atoms with E-state index in [0.717, 1.165) is 28.5 Å². The number of aldehydes is 1. The molecule has 2 aromatic rings. The molecule has 0 aliphatic rings. The second kappa shape index (κ2) is 6.71. The molecule has 0 radical (unpaired) electrons. The number of rotatable bonds is 5. The van der Waals surface area contributed by atoms with Crippen LogP contribution in [0.15, 0.2) is 46.9 Å². The van der Waals surface area contributed by atoms with Gasteiger partial charge in [0, 0.05) is 4.47 Å². The quantitative estimate of drug-likeness (QED) is 0.669. The van der Waals surface area contributed by atoms with Crippen molar-refractivity contribution >= 4 is 22.2 Å². The van der Waals surface area contributed by atoms with Crippen LogP contribution in [0.2, 0.25) is 0 Å². The number of carbonyl (C=O) groups is 1. The summed E-state index contributed by atoms with van der Waals surface area (Å²) in [5, 5.41) is 0. The molecule has 0 fully saturated rings. The van der Waals surface area contributed by atoms with Crippen molar-refractivity contribution in [1.82, 2.24) is 0 Å². The highest BCUT2D eigenvalue weighted by Crippen LogP contribution is 2.33. The molecule has 0 aliphatic carbocycles. The van der Waals surface area contributed by atoms with Gasteiger partial charge in [0.15, 0.2) is 6.29 Å². The van der Waals surface area contributed by atoms with Gasteiger partial charge in [0.05, 0.1) is 5.56 Å². The van der Waals surface area contributed by atoms with Crippen LogP contribution in [0.3, 0.4) is 0 Å². The molecule has 0 saturated carbocycles. The lowest BCUT2D eigenvalue weighted by atomic mass is 9.98. The Labute approximate surface area is 127 Å². The fourth-order valence-corrected chi connectivity index (χ4v) is 2.40. The average molecular weight is 333 g/mol. The number of para-hydroxylation sites is 1. The van der Waals surface area contributed by atoms with E-state index in [4.69, 9.17) is 4.74 Å². The van der Waals surface area contributed by atoms with E-state index in [1.807, 2.05) is 24.3 Å². The highest BCUT2D eigenvalue weighted by molar-refractivity contribution is 9.10. The van der Waals surface area contributed by atoms with Gasteiger partial charge in [-0.25, -0.2) is 0 Å². The van der Waals surface area contributed by atoms with Crippen LogP contribution in [0.5, 0.6) is 11.5 Å². The van der Waals surface area contributed by atoms with Crippen LogP contribution in [0, 0.1) is 0 Å². The van der Waals surface area contributed by atoms with Crippen LogP contribution in [-0.4, -0.2) is 6.29 Å². The van der Waals surface area contributed by atoms with E-state index in [0.29, 0.717) is 17.2 Å². The second-order valence-electron chi connectivity index (χ2n) is 4.75. The number of carbonyl (C=O) groups excluding carboxylic acids is 1. The third-order valence-electron chi connectivity index (χ3n) is 3.38. The smallest absolute Gasteiger partial charge is 0.153 e. The summed E-state index contributed by atoms with van der Waals surface area (Å²) in [7, 11) is 0. The van der Waals surface area contributed by atoms with E-state index in [1.54, 1.807) is 12.1 Å². The maximum atomic E-state index is 11.1. The molecule has 0 N–H and O–H groups in total. The Balaban J connectivity index is 2.37. The Kier molecular flexibility index (Phi) is 4.96. The van der Waals surface area contributed by atoms with E-state index in [1.165, 1.54) is 0 Å². The summed E-state index contributed by atoms with van der Waals surface area (Å²) in [4.78, 5) is 11.1. The third-order valence-corrected chi connectivity index (χ3v) is 3.87. The number of ether oxygens (including phenoxy) is 1. The standard InChI is InChI=1S/C17H17BrO2/c1-3-12(2)15-6-4-5-7-17(15)20-16-9-8-14(18)10-13(16)11-19/h4-12H,3H2,1-2H3. The first kappa shape index (κ1) is 14.8. The van der Waals surface area contributed by atoms with Crippen LogP contribution < -0.4 is 4.74 Å². The topological polar surface area (TPSA) is 26.3 Å². The Morgan fingerprint density at radius 1 is 1.20 bits per heavy atom. The van der Waals surface area contributed by atoms with Crippen LogP contribution >= 0.6 is 15.9 Å². The van der Waals surface area contributed by atoms with Crippen molar-refractivity contribution in [1.29, 1.82) is 0 Å². The van der Waals surface area contributed by atoms with Gasteiger partial charge in [-0.3, -0.25) is 4.79 Å². The van der Waals surface area contributed by atoms with Crippen molar-refractivity contribution in [3.05, 3.63) is 58.1 Å².